The van der Waals surface area contributed by atoms with Crippen LogP contribution in [0.25, 0.3) is 0 Å². The topological polar surface area (TPSA) is 24.5 Å². The third-order valence-electron chi connectivity index (χ3n) is 4.42. The third-order valence-corrected chi connectivity index (χ3v) is 4.42. The molecule has 0 aromatic carbocycles. The predicted molar refractivity (Wildman–Crippen MR) is 85.1 cm³/mol. The molecular formula is C17H34N2O. The molecule has 1 heterocycles. The summed E-state index contributed by atoms with van der Waals surface area (Å²) < 4.78 is 6.23. The Bertz CT molecular complexity index is 266. The molecule has 20 heavy (non-hydrogen) atoms. The van der Waals surface area contributed by atoms with E-state index in [1.54, 1.807) is 0 Å². The van der Waals surface area contributed by atoms with Crippen molar-refractivity contribution in [2.24, 2.45) is 5.92 Å². The molecule has 0 amide bonds. The van der Waals surface area contributed by atoms with Crippen LogP contribution in [0.2, 0.25) is 0 Å². The molecule has 1 saturated heterocycles. The average molecular weight is 282 g/mol. The second-order valence-corrected chi connectivity index (χ2v) is 7.09. The van der Waals surface area contributed by atoms with E-state index < -0.39 is 0 Å². The molecule has 3 heteroatoms. The van der Waals surface area contributed by atoms with Gasteiger partial charge in [-0.25, -0.2) is 0 Å². The molecule has 1 aliphatic heterocycles. The molecule has 2 atom stereocenters. The molecular weight excluding hydrogens is 248 g/mol. The van der Waals surface area contributed by atoms with Crippen molar-refractivity contribution < 1.29 is 4.74 Å². The minimum absolute atomic E-state index is 0.450. The number of unbranched alkanes of at least 4 members (excludes halogenated alkanes) is 1. The Hall–Kier alpha value is -0.120. The summed E-state index contributed by atoms with van der Waals surface area (Å²) in [7, 11) is 0. The van der Waals surface area contributed by atoms with Gasteiger partial charge in [0, 0.05) is 19.1 Å². The Balaban J connectivity index is 1.63. The van der Waals surface area contributed by atoms with Crippen LogP contribution in [-0.2, 0) is 4.74 Å². The standard InChI is InChI=1S/C17H34N2O/c1-4-5-10-19(15-6-7-15)13-17-9-8-16(20-17)12-18-11-14(2)3/h14-18H,4-13H2,1-3H3. The molecule has 1 N–H and O–H groups in total. The van der Waals surface area contributed by atoms with Gasteiger partial charge in [0.25, 0.3) is 0 Å². The van der Waals surface area contributed by atoms with Crippen LogP contribution in [0.3, 0.4) is 0 Å². The van der Waals surface area contributed by atoms with E-state index in [1.165, 1.54) is 51.6 Å². The highest BCUT2D eigenvalue weighted by atomic mass is 16.5. The average Bonchev–Trinajstić information content (AvgIpc) is 3.16. The van der Waals surface area contributed by atoms with Gasteiger partial charge in [-0.3, -0.25) is 4.90 Å². The van der Waals surface area contributed by atoms with E-state index in [4.69, 9.17) is 4.74 Å². The van der Waals surface area contributed by atoms with Gasteiger partial charge in [-0.1, -0.05) is 27.2 Å². The van der Waals surface area contributed by atoms with Crippen LogP contribution in [0.1, 0.15) is 59.3 Å². The van der Waals surface area contributed by atoms with Crippen molar-refractivity contribution in [2.45, 2.75) is 77.5 Å². The molecule has 1 saturated carbocycles. The normalized spacial score (nSPS) is 26.9. The molecule has 0 aromatic heterocycles. The van der Waals surface area contributed by atoms with Gasteiger partial charge in [0.05, 0.1) is 12.2 Å². The molecule has 0 bridgehead atoms. The molecule has 2 rings (SSSR count). The maximum Gasteiger partial charge on any atom is 0.0707 e. The van der Waals surface area contributed by atoms with Gasteiger partial charge in [-0.05, 0) is 51.1 Å². The SMILES string of the molecule is CCCCN(CC1CCC(CNCC(C)C)O1)C1CC1. The fraction of sp³-hybridized carbons (Fsp3) is 1.00. The number of ether oxygens (including phenoxy) is 1. The molecule has 2 fully saturated rings. The highest BCUT2D eigenvalue weighted by Gasteiger charge is 2.33. The molecule has 3 nitrogen and oxygen atoms in total. The smallest absolute Gasteiger partial charge is 0.0707 e. The lowest BCUT2D eigenvalue weighted by molar-refractivity contribution is 0.0212. The fourth-order valence-electron chi connectivity index (χ4n) is 3.08. The summed E-state index contributed by atoms with van der Waals surface area (Å²) >= 11 is 0. The van der Waals surface area contributed by atoms with Crippen LogP contribution in [0.4, 0.5) is 0 Å². The highest BCUT2D eigenvalue weighted by Crippen LogP contribution is 2.29. The van der Waals surface area contributed by atoms with E-state index >= 15 is 0 Å². The molecule has 0 radical (unpaired) electrons. The molecule has 2 aliphatic rings. The van der Waals surface area contributed by atoms with Gasteiger partial charge < -0.3 is 10.1 Å². The van der Waals surface area contributed by atoms with Gasteiger partial charge in [0.2, 0.25) is 0 Å². The molecule has 0 aromatic rings. The molecule has 0 spiro atoms. The first-order valence-electron chi connectivity index (χ1n) is 8.79. The van der Waals surface area contributed by atoms with E-state index in [0.29, 0.717) is 12.2 Å². The van der Waals surface area contributed by atoms with Crippen LogP contribution >= 0.6 is 0 Å². The number of hydrogen-bond acceptors (Lipinski definition) is 3. The Labute approximate surface area is 125 Å². The number of hydrogen-bond donors (Lipinski definition) is 1. The molecule has 118 valence electrons. The van der Waals surface area contributed by atoms with Crippen molar-refractivity contribution in [3.05, 3.63) is 0 Å². The van der Waals surface area contributed by atoms with E-state index in [9.17, 15) is 0 Å². The number of rotatable bonds is 10. The zero-order valence-electron chi connectivity index (χ0n) is 13.7. The minimum atomic E-state index is 0.450. The van der Waals surface area contributed by atoms with Crippen molar-refractivity contribution in [2.75, 3.05) is 26.2 Å². The van der Waals surface area contributed by atoms with Crippen molar-refractivity contribution in [3.63, 3.8) is 0 Å². The Morgan fingerprint density at radius 2 is 1.90 bits per heavy atom. The zero-order chi connectivity index (χ0) is 14.4. The van der Waals surface area contributed by atoms with Crippen molar-refractivity contribution in [1.29, 1.82) is 0 Å². The Morgan fingerprint density at radius 3 is 2.55 bits per heavy atom. The van der Waals surface area contributed by atoms with Crippen LogP contribution in [0, 0.1) is 5.92 Å². The first-order valence-corrected chi connectivity index (χ1v) is 8.79. The monoisotopic (exact) mass is 282 g/mol. The Morgan fingerprint density at radius 1 is 1.15 bits per heavy atom. The maximum atomic E-state index is 6.23. The summed E-state index contributed by atoms with van der Waals surface area (Å²) in [5.74, 6) is 0.728. The van der Waals surface area contributed by atoms with E-state index in [1.807, 2.05) is 0 Å². The maximum absolute atomic E-state index is 6.23. The summed E-state index contributed by atoms with van der Waals surface area (Å²) in [4.78, 5) is 2.69. The molecule has 1 aliphatic carbocycles. The quantitative estimate of drug-likeness (QED) is 0.666. The lowest BCUT2D eigenvalue weighted by atomic mass is 10.1. The van der Waals surface area contributed by atoms with Gasteiger partial charge in [0.15, 0.2) is 0 Å². The van der Waals surface area contributed by atoms with Crippen molar-refractivity contribution in [1.82, 2.24) is 10.2 Å². The van der Waals surface area contributed by atoms with Gasteiger partial charge in [0.1, 0.15) is 0 Å². The lowest BCUT2D eigenvalue weighted by Gasteiger charge is -2.25. The van der Waals surface area contributed by atoms with Crippen molar-refractivity contribution in [3.8, 4) is 0 Å². The zero-order valence-corrected chi connectivity index (χ0v) is 13.7. The summed E-state index contributed by atoms with van der Waals surface area (Å²) in [6.07, 6.45) is 8.89. The number of nitrogens with zero attached hydrogens (tertiary/aromatic N) is 1. The van der Waals surface area contributed by atoms with Gasteiger partial charge in [-0.15, -0.1) is 0 Å². The molecule has 2 unspecified atom stereocenters. The Kier molecular flexibility index (Phi) is 6.79. The van der Waals surface area contributed by atoms with Gasteiger partial charge >= 0.3 is 0 Å². The van der Waals surface area contributed by atoms with Gasteiger partial charge in [-0.2, -0.15) is 0 Å². The first kappa shape index (κ1) is 16.3. The van der Waals surface area contributed by atoms with Crippen LogP contribution < -0.4 is 5.32 Å². The van der Waals surface area contributed by atoms with Crippen LogP contribution in [0.5, 0.6) is 0 Å². The second kappa shape index (κ2) is 8.35. The van der Waals surface area contributed by atoms with E-state index in [2.05, 4.69) is 31.0 Å². The minimum Gasteiger partial charge on any atom is -0.372 e. The first-order chi connectivity index (χ1) is 9.69. The fourth-order valence-corrected chi connectivity index (χ4v) is 3.08. The van der Waals surface area contributed by atoms with E-state index in [0.717, 1.165) is 25.0 Å². The highest BCUT2D eigenvalue weighted by molar-refractivity contribution is 4.87. The summed E-state index contributed by atoms with van der Waals surface area (Å²) in [6.45, 7) is 11.4. The van der Waals surface area contributed by atoms with E-state index in [-0.39, 0.29) is 0 Å². The second-order valence-electron chi connectivity index (χ2n) is 7.09. The predicted octanol–water partition coefficient (Wildman–Crippen LogP) is 3.04. The number of nitrogens with one attached hydrogen (secondary N) is 1. The summed E-state index contributed by atoms with van der Waals surface area (Å²) in [5, 5.41) is 3.53. The summed E-state index contributed by atoms with van der Waals surface area (Å²) in [6, 6.07) is 0.878. The largest absolute Gasteiger partial charge is 0.372 e. The van der Waals surface area contributed by atoms with Crippen LogP contribution in [-0.4, -0.2) is 49.3 Å². The van der Waals surface area contributed by atoms with Crippen molar-refractivity contribution >= 4 is 0 Å². The van der Waals surface area contributed by atoms with Crippen LogP contribution in [0.15, 0.2) is 0 Å². The summed E-state index contributed by atoms with van der Waals surface area (Å²) in [5.41, 5.74) is 0. The lowest BCUT2D eigenvalue weighted by Crippen LogP contribution is -2.36. The third kappa shape index (κ3) is 5.71.